The Balaban J connectivity index is 2.86. The maximum Gasteiger partial charge on any atom is 0.356 e. The highest BCUT2D eigenvalue weighted by Gasteiger charge is 2.16. The van der Waals surface area contributed by atoms with E-state index in [0.717, 1.165) is 18.4 Å². The third-order valence-corrected chi connectivity index (χ3v) is 3.14. The molecule has 0 aliphatic heterocycles. The van der Waals surface area contributed by atoms with E-state index in [2.05, 4.69) is 24.8 Å². The summed E-state index contributed by atoms with van der Waals surface area (Å²) in [6.45, 7) is 6.08. The van der Waals surface area contributed by atoms with Gasteiger partial charge in [-0.05, 0) is 45.2 Å². The van der Waals surface area contributed by atoms with Crippen molar-refractivity contribution in [2.45, 2.75) is 39.7 Å². The molecule has 1 rings (SSSR count). The summed E-state index contributed by atoms with van der Waals surface area (Å²) in [4.78, 5) is 15.8. The van der Waals surface area contributed by atoms with Crippen LogP contribution < -0.4 is 5.90 Å². The number of carbonyl (C=O) groups excluding carboxylic acids is 1. The molecule has 0 radical (unpaired) electrons. The number of carbonyl (C=O) groups is 1. The minimum Gasteiger partial charge on any atom is -0.384 e. The Morgan fingerprint density at radius 1 is 1.33 bits per heavy atom. The molecule has 114 valence electrons. The Bertz CT molecular complexity index is 543. The Morgan fingerprint density at radius 3 is 2.62 bits per heavy atom. The van der Waals surface area contributed by atoms with Gasteiger partial charge in [-0.2, -0.15) is 5.90 Å². The lowest BCUT2D eigenvalue weighted by atomic mass is 9.99. The molecule has 1 aromatic carbocycles. The van der Waals surface area contributed by atoms with Crippen molar-refractivity contribution < 1.29 is 14.7 Å². The van der Waals surface area contributed by atoms with Gasteiger partial charge in [0.1, 0.15) is 0 Å². The molecule has 0 aliphatic carbocycles. The monoisotopic (exact) mass is 289 g/mol. The van der Waals surface area contributed by atoms with E-state index in [0.29, 0.717) is 5.56 Å². The van der Waals surface area contributed by atoms with E-state index in [-0.39, 0.29) is 5.56 Å². The second kappa shape index (κ2) is 8.39. The van der Waals surface area contributed by atoms with E-state index in [1.807, 2.05) is 6.92 Å². The molecule has 0 aromatic heterocycles. The van der Waals surface area contributed by atoms with Gasteiger partial charge in [-0.15, -0.1) is 0 Å². The number of hydrogen-bond acceptors (Lipinski definition) is 4. The largest absolute Gasteiger partial charge is 0.384 e. The third-order valence-electron chi connectivity index (χ3n) is 3.14. The summed E-state index contributed by atoms with van der Waals surface area (Å²) in [7, 11) is 0. The van der Waals surface area contributed by atoms with E-state index in [1.165, 1.54) is 5.57 Å². The van der Waals surface area contributed by atoms with Gasteiger partial charge in [0, 0.05) is 0 Å². The molecule has 0 spiro atoms. The van der Waals surface area contributed by atoms with Crippen LogP contribution in [0.2, 0.25) is 0 Å². The van der Waals surface area contributed by atoms with Crippen LogP contribution >= 0.6 is 0 Å². The van der Waals surface area contributed by atoms with Gasteiger partial charge in [0.25, 0.3) is 0 Å². The first-order chi connectivity index (χ1) is 9.95. The minimum atomic E-state index is -0.855. The average molecular weight is 289 g/mol. The van der Waals surface area contributed by atoms with Crippen LogP contribution in [0.5, 0.6) is 0 Å². The lowest BCUT2D eigenvalue weighted by Crippen LogP contribution is -2.13. The summed E-state index contributed by atoms with van der Waals surface area (Å²) < 4.78 is 0. The van der Waals surface area contributed by atoms with Crippen molar-refractivity contribution in [3.05, 3.63) is 58.7 Å². The molecule has 0 saturated carbocycles. The van der Waals surface area contributed by atoms with E-state index in [1.54, 1.807) is 30.3 Å². The van der Waals surface area contributed by atoms with E-state index in [9.17, 15) is 9.90 Å². The number of aliphatic hydroxyl groups excluding tert-OH is 1. The van der Waals surface area contributed by atoms with Gasteiger partial charge in [-0.3, -0.25) is 0 Å². The predicted octanol–water partition coefficient (Wildman–Crippen LogP) is 3.44. The van der Waals surface area contributed by atoms with Crippen molar-refractivity contribution >= 4 is 5.97 Å². The van der Waals surface area contributed by atoms with Gasteiger partial charge in [-0.1, -0.05) is 41.5 Å². The Morgan fingerprint density at radius 2 is 2.00 bits per heavy atom. The fraction of sp³-hybridized carbons (Fsp3) is 0.353. The van der Waals surface area contributed by atoms with E-state index >= 15 is 0 Å². The first-order valence-corrected chi connectivity index (χ1v) is 6.94. The number of hydrogen-bond donors (Lipinski definition) is 2. The molecule has 0 amide bonds. The molecule has 4 heteroatoms. The maximum atomic E-state index is 11.6. The quantitative estimate of drug-likeness (QED) is 0.621. The van der Waals surface area contributed by atoms with E-state index in [4.69, 9.17) is 5.90 Å². The van der Waals surface area contributed by atoms with Crippen LogP contribution in [0.1, 0.15) is 55.6 Å². The zero-order valence-corrected chi connectivity index (χ0v) is 12.8. The van der Waals surface area contributed by atoms with Crippen molar-refractivity contribution in [2.24, 2.45) is 5.90 Å². The van der Waals surface area contributed by atoms with E-state index < -0.39 is 12.1 Å². The molecule has 4 nitrogen and oxygen atoms in total. The smallest absolute Gasteiger partial charge is 0.356 e. The number of benzene rings is 1. The summed E-state index contributed by atoms with van der Waals surface area (Å²) in [5.74, 6) is 4.26. The van der Waals surface area contributed by atoms with Gasteiger partial charge < -0.3 is 9.94 Å². The maximum absolute atomic E-state index is 11.6. The first kappa shape index (κ1) is 17.1. The average Bonchev–Trinajstić information content (AvgIpc) is 2.45. The highest BCUT2D eigenvalue weighted by molar-refractivity contribution is 5.91. The van der Waals surface area contributed by atoms with Crippen LogP contribution in [0.3, 0.4) is 0 Å². The van der Waals surface area contributed by atoms with Gasteiger partial charge >= 0.3 is 5.97 Å². The molecular weight excluding hydrogens is 266 g/mol. The van der Waals surface area contributed by atoms with Crippen LogP contribution in [-0.4, -0.2) is 11.1 Å². The molecule has 1 unspecified atom stereocenters. The summed E-state index contributed by atoms with van der Waals surface area (Å²) >= 11 is 0. The van der Waals surface area contributed by atoms with Gasteiger partial charge in [0.05, 0.1) is 11.7 Å². The Kier molecular flexibility index (Phi) is 6.85. The van der Waals surface area contributed by atoms with Crippen LogP contribution in [0, 0.1) is 0 Å². The molecule has 0 bridgehead atoms. The van der Waals surface area contributed by atoms with Crippen LogP contribution in [0.4, 0.5) is 0 Å². The zero-order valence-electron chi connectivity index (χ0n) is 12.8. The number of aliphatic hydroxyl groups is 1. The van der Waals surface area contributed by atoms with Gasteiger partial charge in [0.15, 0.2) is 0 Å². The number of rotatable bonds is 6. The topological polar surface area (TPSA) is 72.5 Å². The molecule has 0 aliphatic rings. The minimum absolute atomic E-state index is 0.279. The lowest BCUT2D eigenvalue weighted by Gasteiger charge is -2.12. The van der Waals surface area contributed by atoms with Gasteiger partial charge in [-0.25, -0.2) is 4.79 Å². The van der Waals surface area contributed by atoms with Crippen LogP contribution in [0.15, 0.2) is 47.6 Å². The molecule has 0 fully saturated rings. The molecule has 1 aromatic rings. The second-order valence-corrected chi connectivity index (χ2v) is 5.27. The van der Waals surface area contributed by atoms with Crippen LogP contribution in [0.25, 0.3) is 0 Å². The summed E-state index contributed by atoms with van der Waals surface area (Å²) in [6, 6.07) is 6.74. The molecule has 21 heavy (non-hydrogen) atoms. The normalized spacial score (nSPS) is 12.7. The third kappa shape index (κ3) is 5.53. The second-order valence-electron chi connectivity index (χ2n) is 5.27. The van der Waals surface area contributed by atoms with Crippen molar-refractivity contribution in [3.63, 3.8) is 0 Å². The SMILES string of the molecule is CC(C)=CCC/C(C)=C/C(O)c1ccccc1C(=O)ON. The highest BCUT2D eigenvalue weighted by Crippen LogP contribution is 2.22. The molecule has 0 saturated heterocycles. The van der Waals surface area contributed by atoms with Crippen molar-refractivity contribution in [1.82, 2.24) is 0 Å². The number of nitrogens with two attached hydrogens (primary N) is 1. The number of allylic oxidation sites excluding steroid dienone is 3. The van der Waals surface area contributed by atoms with Crippen molar-refractivity contribution in [2.75, 3.05) is 0 Å². The van der Waals surface area contributed by atoms with Crippen LogP contribution in [-0.2, 0) is 4.84 Å². The summed E-state index contributed by atoms with van der Waals surface area (Å²) in [6.07, 6.45) is 4.85. The highest BCUT2D eigenvalue weighted by atomic mass is 16.7. The molecule has 1 atom stereocenters. The van der Waals surface area contributed by atoms with Crippen molar-refractivity contribution in [1.29, 1.82) is 0 Å². The molecule has 3 N–H and O–H groups in total. The predicted molar refractivity (Wildman–Crippen MR) is 83.4 cm³/mol. The van der Waals surface area contributed by atoms with Crippen molar-refractivity contribution in [3.8, 4) is 0 Å². The summed E-state index contributed by atoms with van der Waals surface area (Å²) in [5.41, 5.74) is 3.12. The standard InChI is InChI=1S/C17H23NO3/c1-12(2)7-6-8-13(3)11-16(19)14-9-4-5-10-15(14)17(20)21-18/h4-5,7,9-11,16,19H,6,8,18H2,1-3H3/b13-11+. The fourth-order valence-electron chi connectivity index (χ4n) is 2.04. The van der Waals surface area contributed by atoms with Gasteiger partial charge in [0.2, 0.25) is 0 Å². The lowest BCUT2D eigenvalue weighted by molar-refractivity contribution is 0.0498. The zero-order chi connectivity index (χ0) is 15.8. The first-order valence-electron chi connectivity index (χ1n) is 6.94. The molecular formula is C17H23NO3. The summed E-state index contributed by atoms with van der Waals surface area (Å²) in [5, 5.41) is 10.3. The fourth-order valence-corrected chi connectivity index (χ4v) is 2.04. The Hall–Kier alpha value is -1.91. The Labute approximate surface area is 125 Å². The molecule has 0 heterocycles.